The van der Waals surface area contributed by atoms with Gasteiger partial charge in [0.1, 0.15) is 5.82 Å². The largest absolute Gasteiger partial charge is 0.370 e. The highest BCUT2D eigenvalue weighted by Crippen LogP contribution is 2.06. The summed E-state index contributed by atoms with van der Waals surface area (Å²) in [6, 6.07) is 3.19. The highest BCUT2D eigenvalue weighted by molar-refractivity contribution is 7.89. The van der Waals surface area contributed by atoms with Crippen LogP contribution in [0.1, 0.15) is 17.3 Å². The number of hydrogen-bond donors (Lipinski definition) is 3. The average molecular weight is 286 g/mol. The van der Waals surface area contributed by atoms with E-state index in [1.165, 1.54) is 13.2 Å². The van der Waals surface area contributed by atoms with Gasteiger partial charge in [-0.15, -0.1) is 0 Å². The van der Waals surface area contributed by atoms with Gasteiger partial charge in [-0.25, -0.2) is 18.1 Å². The van der Waals surface area contributed by atoms with Gasteiger partial charge in [0.2, 0.25) is 10.0 Å². The average Bonchev–Trinajstić information content (AvgIpc) is 2.39. The number of pyridine rings is 1. The van der Waals surface area contributed by atoms with Crippen molar-refractivity contribution in [2.75, 3.05) is 31.2 Å². The van der Waals surface area contributed by atoms with E-state index in [-0.39, 0.29) is 18.2 Å². The molecule has 0 saturated heterocycles. The molecule has 1 amide bonds. The zero-order chi connectivity index (χ0) is 14.3. The molecule has 106 valence electrons. The van der Waals surface area contributed by atoms with Crippen LogP contribution in [0.15, 0.2) is 18.3 Å². The number of carbonyl (C=O) groups is 1. The number of anilines is 1. The van der Waals surface area contributed by atoms with E-state index in [9.17, 15) is 13.2 Å². The van der Waals surface area contributed by atoms with Crippen molar-refractivity contribution in [1.82, 2.24) is 15.0 Å². The van der Waals surface area contributed by atoms with E-state index in [2.05, 4.69) is 20.3 Å². The molecule has 1 heterocycles. The zero-order valence-electron chi connectivity index (χ0n) is 10.9. The van der Waals surface area contributed by atoms with Crippen LogP contribution in [0.4, 0.5) is 5.82 Å². The van der Waals surface area contributed by atoms with Crippen LogP contribution in [-0.2, 0) is 10.0 Å². The fraction of sp³-hybridized carbons (Fsp3) is 0.455. The van der Waals surface area contributed by atoms with E-state index in [0.717, 1.165) is 0 Å². The molecule has 8 heteroatoms. The second-order valence-electron chi connectivity index (χ2n) is 3.74. The van der Waals surface area contributed by atoms with Crippen molar-refractivity contribution < 1.29 is 13.2 Å². The lowest BCUT2D eigenvalue weighted by Crippen LogP contribution is -2.33. The summed E-state index contributed by atoms with van der Waals surface area (Å²) in [6.45, 7) is 2.69. The SMILES string of the molecule is CCNc1cc(C(=O)NCCS(=O)(=O)NC)ccn1. The Morgan fingerprint density at radius 1 is 1.42 bits per heavy atom. The summed E-state index contributed by atoms with van der Waals surface area (Å²) in [6.07, 6.45) is 1.53. The fourth-order valence-corrected chi connectivity index (χ4v) is 1.93. The van der Waals surface area contributed by atoms with Gasteiger partial charge < -0.3 is 10.6 Å². The van der Waals surface area contributed by atoms with E-state index in [1.807, 2.05) is 6.92 Å². The second kappa shape index (κ2) is 7.05. The lowest BCUT2D eigenvalue weighted by atomic mass is 10.2. The fourth-order valence-electron chi connectivity index (χ4n) is 1.35. The molecule has 0 unspecified atom stereocenters. The summed E-state index contributed by atoms with van der Waals surface area (Å²) in [4.78, 5) is 15.8. The molecule has 0 atom stereocenters. The van der Waals surface area contributed by atoms with Gasteiger partial charge >= 0.3 is 0 Å². The molecule has 1 aromatic heterocycles. The van der Waals surface area contributed by atoms with Gasteiger partial charge in [0.05, 0.1) is 5.75 Å². The van der Waals surface area contributed by atoms with Crippen LogP contribution in [0.2, 0.25) is 0 Å². The molecule has 0 aliphatic carbocycles. The zero-order valence-corrected chi connectivity index (χ0v) is 11.8. The lowest BCUT2D eigenvalue weighted by Gasteiger charge is -2.07. The monoisotopic (exact) mass is 286 g/mol. The third-order valence-corrected chi connectivity index (χ3v) is 3.71. The van der Waals surface area contributed by atoms with Crippen LogP contribution in [0, 0.1) is 0 Å². The van der Waals surface area contributed by atoms with Crippen molar-refractivity contribution in [2.45, 2.75) is 6.92 Å². The van der Waals surface area contributed by atoms with Gasteiger partial charge in [-0.3, -0.25) is 4.79 Å². The third kappa shape index (κ3) is 5.23. The van der Waals surface area contributed by atoms with E-state index in [1.54, 1.807) is 12.1 Å². The van der Waals surface area contributed by atoms with Crippen molar-refractivity contribution >= 4 is 21.7 Å². The molecule has 3 N–H and O–H groups in total. The van der Waals surface area contributed by atoms with Crippen LogP contribution in [0.25, 0.3) is 0 Å². The topological polar surface area (TPSA) is 100 Å². The van der Waals surface area contributed by atoms with E-state index in [0.29, 0.717) is 17.9 Å². The van der Waals surface area contributed by atoms with Crippen molar-refractivity contribution in [3.8, 4) is 0 Å². The predicted molar refractivity (Wildman–Crippen MR) is 73.6 cm³/mol. The van der Waals surface area contributed by atoms with Gasteiger partial charge in [0.25, 0.3) is 5.91 Å². The molecule has 7 nitrogen and oxygen atoms in total. The van der Waals surface area contributed by atoms with Crippen molar-refractivity contribution in [3.05, 3.63) is 23.9 Å². The minimum atomic E-state index is -3.30. The molecule has 0 fully saturated rings. The molecule has 0 aromatic carbocycles. The molecular formula is C11H18N4O3S. The van der Waals surface area contributed by atoms with Gasteiger partial charge in [0.15, 0.2) is 0 Å². The minimum Gasteiger partial charge on any atom is -0.370 e. The van der Waals surface area contributed by atoms with Gasteiger partial charge in [-0.05, 0) is 26.1 Å². The number of rotatable bonds is 7. The van der Waals surface area contributed by atoms with Crippen molar-refractivity contribution in [3.63, 3.8) is 0 Å². The number of aromatic nitrogens is 1. The van der Waals surface area contributed by atoms with Crippen LogP contribution in [-0.4, -0.2) is 45.2 Å². The van der Waals surface area contributed by atoms with E-state index < -0.39 is 10.0 Å². The number of nitrogens with one attached hydrogen (secondary N) is 3. The smallest absolute Gasteiger partial charge is 0.251 e. The number of nitrogens with zero attached hydrogens (tertiary/aromatic N) is 1. The normalized spacial score (nSPS) is 11.1. The Morgan fingerprint density at radius 3 is 2.79 bits per heavy atom. The Hall–Kier alpha value is -1.67. The van der Waals surface area contributed by atoms with Crippen LogP contribution in [0.3, 0.4) is 0 Å². The highest BCUT2D eigenvalue weighted by Gasteiger charge is 2.10. The first-order valence-corrected chi connectivity index (χ1v) is 7.53. The van der Waals surface area contributed by atoms with Crippen LogP contribution in [0.5, 0.6) is 0 Å². The standard InChI is InChI=1S/C11H18N4O3S/c1-3-13-10-8-9(4-5-14-10)11(16)15-6-7-19(17,18)12-2/h4-5,8,12H,3,6-7H2,1-2H3,(H,13,14)(H,15,16). The third-order valence-electron chi connectivity index (χ3n) is 2.35. The maximum absolute atomic E-state index is 11.8. The number of sulfonamides is 1. The van der Waals surface area contributed by atoms with E-state index >= 15 is 0 Å². The van der Waals surface area contributed by atoms with Crippen molar-refractivity contribution in [2.24, 2.45) is 0 Å². The molecule has 0 bridgehead atoms. The summed E-state index contributed by atoms with van der Waals surface area (Å²) in [5.41, 5.74) is 0.438. The van der Waals surface area contributed by atoms with E-state index in [4.69, 9.17) is 0 Å². The first-order chi connectivity index (χ1) is 8.98. The molecule has 1 rings (SSSR count). The predicted octanol–water partition coefficient (Wildman–Crippen LogP) is -0.208. The second-order valence-corrected chi connectivity index (χ2v) is 5.78. The highest BCUT2D eigenvalue weighted by atomic mass is 32.2. The first-order valence-electron chi connectivity index (χ1n) is 5.88. The Labute approximate surface area is 112 Å². The lowest BCUT2D eigenvalue weighted by molar-refractivity contribution is 0.0956. The summed E-state index contributed by atoms with van der Waals surface area (Å²) < 4.78 is 24.5. The Bertz CT molecular complexity index is 530. The molecule has 0 radical (unpaired) electrons. The summed E-state index contributed by atoms with van der Waals surface area (Å²) >= 11 is 0. The summed E-state index contributed by atoms with van der Waals surface area (Å²) in [7, 11) is -1.97. The first kappa shape index (κ1) is 15.4. The molecule has 0 spiro atoms. The van der Waals surface area contributed by atoms with Crippen LogP contribution >= 0.6 is 0 Å². The summed E-state index contributed by atoms with van der Waals surface area (Å²) in [5, 5.41) is 5.54. The molecule has 1 aromatic rings. The quantitative estimate of drug-likeness (QED) is 0.644. The van der Waals surface area contributed by atoms with Gasteiger partial charge in [0, 0.05) is 24.8 Å². The Morgan fingerprint density at radius 2 is 2.16 bits per heavy atom. The molecule has 0 aliphatic heterocycles. The van der Waals surface area contributed by atoms with Gasteiger partial charge in [-0.2, -0.15) is 0 Å². The Balaban J connectivity index is 2.56. The molecular weight excluding hydrogens is 268 g/mol. The minimum absolute atomic E-state index is 0.0564. The molecule has 19 heavy (non-hydrogen) atoms. The summed E-state index contributed by atoms with van der Waals surface area (Å²) in [5.74, 6) is 0.131. The molecule has 0 aliphatic rings. The number of carbonyl (C=O) groups excluding carboxylic acids is 1. The maximum atomic E-state index is 11.8. The maximum Gasteiger partial charge on any atom is 0.251 e. The van der Waals surface area contributed by atoms with Gasteiger partial charge in [-0.1, -0.05) is 0 Å². The van der Waals surface area contributed by atoms with Crippen molar-refractivity contribution in [1.29, 1.82) is 0 Å². The number of hydrogen-bond acceptors (Lipinski definition) is 5. The Kier molecular flexibility index (Phi) is 5.71. The van der Waals surface area contributed by atoms with Crippen LogP contribution < -0.4 is 15.4 Å². The molecule has 0 saturated carbocycles. The number of amides is 1.